The second-order valence-corrected chi connectivity index (χ2v) is 5.11. The highest BCUT2D eigenvalue weighted by Gasteiger charge is 2.06. The van der Waals surface area contributed by atoms with E-state index in [-0.39, 0.29) is 0 Å². The Balaban J connectivity index is 2.31. The molecule has 1 atom stereocenters. The van der Waals surface area contributed by atoms with E-state index in [1.165, 1.54) is 29.9 Å². The van der Waals surface area contributed by atoms with Gasteiger partial charge < -0.3 is 5.32 Å². The Labute approximate surface area is 104 Å². The molecule has 0 saturated heterocycles. The third kappa shape index (κ3) is 5.57. The predicted octanol–water partition coefficient (Wildman–Crippen LogP) is 3.95. The summed E-state index contributed by atoms with van der Waals surface area (Å²) in [5.74, 6) is 1.18. The average Bonchev–Trinajstić information content (AvgIpc) is 2.34. The molecule has 90 valence electrons. The van der Waals surface area contributed by atoms with E-state index in [0.29, 0.717) is 6.04 Å². The number of unbranched alkanes of at least 4 members (excludes halogenated alkanes) is 1. The van der Waals surface area contributed by atoms with Crippen LogP contribution in [0.2, 0.25) is 0 Å². The third-order valence-corrected chi connectivity index (χ3v) is 3.77. The van der Waals surface area contributed by atoms with Crippen molar-refractivity contribution in [3.8, 4) is 0 Å². The lowest BCUT2D eigenvalue weighted by atomic mass is 10.1. The van der Waals surface area contributed by atoms with E-state index in [0.717, 1.165) is 6.54 Å². The van der Waals surface area contributed by atoms with E-state index < -0.39 is 0 Å². The van der Waals surface area contributed by atoms with Crippen LogP contribution in [0.4, 0.5) is 0 Å². The summed E-state index contributed by atoms with van der Waals surface area (Å²) in [6, 6.07) is 11.3. The van der Waals surface area contributed by atoms with E-state index in [1.54, 1.807) is 0 Å². The molecule has 0 radical (unpaired) electrons. The lowest BCUT2D eigenvalue weighted by molar-refractivity contribution is 0.515. The minimum Gasteiger partial charge on any atom is -0.313 e. The van der Waals surface area contributed by atoms with E-state index in [9.17, 15) is 0 Å². The average molecular weight is 237 g/mol. The van der Waals surface area contributed by atoms with Gasteiger partial charge in [-0.1, -0.05) is 44.9 Å². The molecule has 1 unspecified atom stereocenters. The van der Waals surface area contributed by atoms with Crippen molar-refractivity contribution in [2.24, 2.45) is 0 Å². The Morgan fingerprint density at radius 2 is 1.94 bits per heavy atom. The first-order valence-corrected chi connectivity index (χ1v) is 7.26. The summed E-state index contributed by atoms with van der Waals surface area (Å²) in [6.45, 7) is 5.52. The van der Waals surface area contributed by atoms with Gasteiger partial charge in [-0.2, -0.15) is 0 Å². The van der Waals surface area contributed by atoms with Crippen LogP contribution in [0.5, 0.6) is 0 Å². The Kier molecular flexibility index (Phi) is 7.35. The van der Waals surface area contributed by atoms with E-state index in [2.05, 4.69) is 49.5 Å². The van der Waals surface area contributed by atoms with Gasteiger partial charge in [0.1, 0.15) is 0 Å². The molecule has 1 aromatic rings. The number of hydrogen-bond donors (Lipinski definition) is 1. The normalized spacial score (nSPS) is 12.6. The zero-order valence-electron chi connectivity index (χ0n) is 10.4. The lowest BCUT2D eigenvalue weighted by Gasteiger charge is -2.17. The molecule has 0 aliphatic rings. The van der Waals surface area contributed by atoms with Crippen molar-refractivity contribution in [1.82, 2.24) is 5.32 Å². The molecule has 0 fully saturated rings. The standard InChI is InChI=1S/C14H23NS/c1-3-5-9-13(15-4-2)12-16-14-10-7-6-8-11-14/h6-8,10-11,13,15H,3-5,9,12H2,1-2H3. The molecule has 0 aliphatic heterocycles. The first-order valence-electron chi connectivity index (χ1n) is 6.28. The van der Waals surface area contributed by atoms with Crippen molar-refractivity contribution in [3.63, 3.8) is 0 Å². The SMILES string of the molecule is CCCCC(CSc1ccccc1)NCC. The highest BCUT2D eigenvalue weighted by atomic mass is 32.2. The van der Waals surface area contributed by atoms with Gasteiger partial charge in [-0.15, -0.1) is 11.8 Å². The minimum atomic E-state index is 0.662. The lowest BCUT2D eigenvalue weighted by Crippen LogP contribution is -2.31. The van der Waals surface area contributed by atoms with Gasteiger partial charge in [-0.3, -0.25) is 0 Å². The molecule has 1 rings (SSSR count). The third-order valence-electron chi connectivity index (χ3n) is 2.59. The van der Waals surface area contributed by atoms with Crippen molar-refractivity contribution in [3.05, 3.63) is 30.3 Å². The van der Waals surface area contributed by atoms with Crippen LogP contribution < -0.4 is 5.32 Å². The molecular weight excluding hydrogens is 214 g/mol. The molecule has 0 aliphatic carbocycles. The molecule has 1 aromatic carbocycles. The van der Waals surface area contributed by atoms with Crippen molar-refractivity contribution in [1.29, 1.82) is 0 Å². The van der Waals surface area contributed by atoms with Gasteiger partial charge in [0, 0.05) is 16.7 Å². The Bertz CT molecular complexity index is 261. The van der Waals surface area contributed by atoms with Gasteiger partial charge in [-0.05, 0) is 25.1 Å². The molecule has 0 heterocycles. The van der Waals surface area contributed by atoms with Gasteiger partial charge >= 0.3 is 0 Å². The number of nitrogens with one attached hydrogen (secondary N) is 1. The van der Waals surface area contributed by atoms with Crippen LogP contribution in [0, 0.1) is 0 Å². The molecule has 0 bridgehead atoms. The van der Waals surface area contributed by atoms with E-state index >= 15 is 0 Å². The highest BCUT2D eigenvalue weighted by Crippen LogP contribution is 2.19. The number of thioether (sulfide) groups is 1. The summed E-state index contributed by atoms with van der Waals surface area (Å²) in [6.07, 6.45) is 3.91. The highest BCUT2D eigenvalue weighted by molar-refractivity contribution is 7.99. The van der Waals surface area contributed by atoms with Crippen LogP contribution in [-0.4, -0.2) is 18.3 Å². The van der Waals surface area contributed by atoms with Crippen molar-refractivity contribution in [2.45, 2.75) is 44.0 Å². The second kappa shape index (κ2) is 8.66. The molecule has 0 spiro atoms. The van der Waals surface area contributed by atoms with Crippen LogP contribution in [0.3, 0.4) is 0 Å². The first-order chi connectivity index (χ1) is 7.86. The maximum Gasteiger partial charge on any atom is 0.0161 e. The summed E-state index contributed by atoms with van der Waals surface area (Å²) in [5, 5.41) is 3.57. The Morgan fingerprint density at radius 1 is 1.19 bits per heavy atom. The summed E-state index contributed by atoms with van der Waals surface area (Å²) < 4.78 is 0. The molecule has 0 aromatic heterocycles. The van der Waals surface area contributed by atoms with Gasteiger partial charge in [-0.25, -0.2) is 0 Å². The topological polar surface area (TPSA) is 12.0 Å². The van der Waals surface area contributed by atoms with Gasteiger partial charge in [0.25, 0.3) is 0 Å². The first kappa shape index (κ1) is 13.6. The van der Waals surface area contributed by atoms with Crippen LogP contribution in [0.1, 0.15) is 33.1 Å². The molecular formula is C14H23NS. The van der Waals surface area contributed by atoms with Gasteiger partial charge in [0.15, 0.2) is 0 Å². The zero-order chi connectivity index (χ0) is 11.6. The fourth-order valence-electron chi connectivity index (χ4n) is 1.70. The zero-order valence-corrected chi connectivity index (χ0v) is 11.2. The van der Waals surface area contributed by atoms with Gasteiger partial charge in [0.2, 0.25) is 0 Å². The minimum absolute atomic E-state index is 0.662. The van der Waals surface area contributed by atoms with Crippen LogP contribution in [0.15, 0.2) is 35.2 Å². The second-order valence-electron chi connectivity index (χ2n) is 4.02. The van der Waals surface area contributed by atoms with E-state index in [4.69, 9.17) is 0 Å². The maximum absolute atomic E-state index is 3.57. The fourth-order valence-corrected chi connectivity index (χ4v) is 2.72. The summed E-state index contributed by atoms with van der Waals surface area (Å²) >= 11 is 1.96. The summed E-state index contributed by atoms with van der Waals surface area (Å²) in [5.41, 5.74) is 0. The smallest absolute Gasteiger partial charge is 0.0161 e. The quantitative estimate of drug-likeness (QED) is 0.687. The molecule has 0 amide bonds. The van der Waals surface area contributed by atoms with Crippen LogP contribution in [-0.2, 0) is 0 Å². The number of rotatable bonds is 8. The molecule has 0 saturated carbocycles. The monoisotopic (exact) mass is 237 g/mol. The molecule has 16 heavy (non-hydrogen) atoms. The summed E-state index contributed by atoms with van der Waals surface area (Å²) in [4.78, 5) is 1.38. The van der Waals surface area contributed by atoms with Crippen LogP contribution >= 0.6 is 11.8 Å². The Morgan fingerprint density at radius 3 is 2.56 bits per heavy atom. The Hall–Kier alpha value is -0.470. The number of benzene rings is 1. The van der Waals surface area contributed by atoms with Crippen LogP contribution in [0.25, 0.3) is 0 Å². The van der Waals surface area contributed by atoms with Crippen molar-refractivity contribution < 1.29 is 0 Å². The van der Waals surface area contributed by atoms with Gasteiger partial charge in [0.05, 0.1) is 0 Å². The number of hydrogen-bond acceptors (Lipinski definition) is 2. The van der Waals surface area contributed by atoms with Crippen molar-refractivity contribution >= 4 is 11.8 Å². The molecule has 1 nitrogen and oxygen atoms in total. The maximum atomic E-state index is 3.57. The van der Waals surface area contributed by atoms with Crippen molar-refractivity contribution in [2.75, 3.05) is 12.3 Å². The summed E-state index contributed by atoms with van der Waals surface area (Å²) in [7, 11) is 0. The fraction of sp³-hybridized carbons (Fsp3) is 0.571. The molecule has 1 N–H and O–H groups in total. The van der Waals surface area contributed by atoms with E-state index in [1.807, 2.05) is 11.8 Å². The largest absolute Gasteiger partial charge is 0.313 e. The molecule has 2 heteroatoms. The predicted molar refractivity (Wildman–Crippen MR) is 74.2 cm³/mol.